The third-order valence-corrected chi connectivity index (χ3v) is 3.43. The number of hydrogen-bond donors (Lipinski definition) is 1. The Kier molecular flexibility index (Phi) is 2.83. The second-order valence-corrected chi connectivity index (χ2v) is 4.61. The molecular formula is C15H16O2. The van der Waals surface area contributed by atoms with Crippen LogP contribution in [0.4, 0.5) is 0 Å². The molecule has 0 aromatic heterocycles. The summed E-state index contributed by atoms with van der Waals surface area (Å²) >= 11 is 0. The lowest BCUT2D eigenvalue weighted by molar-refractivity contribution is -0.0441. The zero-order chi connectivity index (χ0) is 11.7. The van der Waals surface area contributed by atoms with Crippen molar-refractivity contribution in [3.63, 3.8) is 0 Å². The fourth-order valence-electron chi connectivity index (χ4n) is 2.53. The third-order valence-electron chi connectivity index (χ3n) is 3.43. The van der Waals surface area contributed by atoms with Gasteiger partial charge in [-0.2, -0.15) is 0 Å². The summed E-state index contributed by atoms with van der Waals surface area (Å²) in [5.74, 6) is 0. The van der Waals surface area contributed by atoms with Crippen LogP contribution in [-0.4, -0.2) is 17.8 Å². The molecule has 0 spiro atoms. The largest absolute Gasteiger partial charge is 0.393 e. The summed E-state index contributed by atoms with van der Waals surface area (Å²) in [4.78, 5) is 0. The highest BCUT2D eigenvalue weighted by atomic mass is 16.5. The second kappa shape index (κ2) is 4.47. The first-order valence-electron chi connectivity index (χ1n) is 6.12. The average Bonchev–Trinajstić information content (AvgIpc) is 2.38. The summed E-state index contributed by atoms with van der Waals surface area (Å²) in [6.07, 6.45) is 1.26. The Labute approximate surface area is 101 Å². The number of aliphatic hydroxyl groups is 1. The number of rotatable bonds is 1. The molecule has 2 aromatic carbocycles. The van der Waals surface area contributed by atoms with E-state index in [1.807, 2.05) is 12.1 Å². The molecule has 3 rings (SSSR count). The molecule has 88 valence electrons. The molecular weight excluding hydrogens is 212 g/mol. The van der Waals surface area contributed by atoms with Gasteiger partial charge in [-0.05, 0) is 22.8 Å². The molecule has 1 fully saturated rings. The van der Waals surface area contributed by atoms with Crippen molar-refractivity contribution in [1.82, 2.24) is 0 Å². The number of aliphatic hydroxyl groups excluding tert-OH is 1. The predicted molar refractivity (Wildman–Crippen MR) is 67.9 cm³/mol. The van der Waals surface area contributed by atoms with E-state index in [9.17, 15) is 5.11 Å². The molecule has 1 saturated heterocycles. The van der Waals surface area contributed by atoms with Gasteiger partial charge < -0.3 is 9.84 Å². The van der Waals surface area contributed by atoms with Gasteiger partial charge in [0.05, 0.1) is 12.2 Å². The molecule has 2 heteroatoms. The van der Waals surface area contributed by atoms with Gasteiger partial charge >= 0.3 is 0 Å². The predicted octanol–water partition coefficient (Wildman–Crippen LogP) is 3.05. The minimum absolute atomic E-state index is 0.0323. The second-order valence-electron chi connectivity index (χ2n) is 4.61. The molecule has 0 amide bonds. The van der Waals surface area contributed by atoms with Gasteiger partial charge in [-0.1, -0.05) is 42.5 Å². The first-order valence-corrected chi connectivity index (χ1v) is 6.12. The van der Waals surface area contributed by atoms with Gasteiger partial charge in [-0.25, -0.2) is 0 Å². The smallest absolute Gasteiger partial charge is 0.0855 e. The molecule has 1 N–H and O–H groups in total. The Morgan fingerprint density at radius 1 is 1.06 bits per heavy atom. The standard InChI is InChI=1S/C15H16O2/c16-12-8-9-17-15(10-12)14-7-3-5-11-4-1-2-6-13(11)14/h1-7,12,15-16H,8-10H2. The molecule has 0 radical (unpaired) electrons. The van der Waals surface area contributed by atoms with Crippen LogP contribution in [0.3, 0.4) is 0 Å². The van der Waals surface area contributed by atoms with Crippen LogP contribution in [0.1, 0.15) is 24.5 Å². The summed E-state index contributed by atoms with van der Waals surface area (Å²) in [5, 5.41) is 12.2. The maximum absolute atomic E-state index is 9.73. The van der Waals surface area contributed by atoms with Gasteiger partial charge in [0.25, 0.3) is 0 Å². The van der Waals surface area contributed by atoms with E-state index < -0.39 is 0 Å². The van der Waals surface area contributed by atoms with Crippen molar-refractivity contribution in [2.45, 2.75) is 25.0 Å². The molecule has 2 nitrogen and oxygen atoms in total. The van der Waals surface area contributed by atoms with Gasteiger partial charge in [0.15, 0.2) is 0 Å². The molecule has 1 aliphatic heterocycles. The summed E-state index contributed by atoms with van der Waals surface area (Å²) in [7, 11) is 0. The molecule has 2 unspecified atom stereocenters. The van der Waals surface area contributed by atoms with E-state index in [2.05, 4.69) is 30.3 Å². The lowest BCUT2D eigenvalue weighted by Crippen LogP contribution is -2.23. The van der Waals surface area contributed by atoms with Crippen LogP contribution in [0.25, 0.3) is 10.8 Å². The van der Waals surface area contributed by atoms with E-state index in [4.69, 9.17) is 4.74 Å². The van der Waals surface area contributed by atoms with Crippen LogP contribution < -0.4 is 0 Å². The summed E-state index contributed by atoms with van der Waals surface area (Å²) in [5.41, 5.74) is 1.20. The van der Waals surface area contributed by atoms with Gasteiger partial charge in [0.1, 0.15) is 0 Å². The first-order chi connectivity index (χ1) is 8.34. The van der Waals surface area contributed by atoms with Crippen LogP contribution in [-0.2, 0) is 4.74 Å². The Hall–Kier alpha value is -1.38. The van der Waals surface area contributed by atoms with Crippen molar-refractivity contribution in [2.24, 2.45) is 0 Å². The summed E-state index contributed by atoms with van der Waals surface area (Å²) < 4.78 is 5.78. The Bertz CT molecular complexity index is 516. The van der Waals surface area contributed by atoms with E-state index in [1.54, 1.807) is 0 Å². The Morgan fingerprint density at radius 3 is 2.76 bits per heavy atom. The van der Waals surface area contributed by atoms with Crippen molar-refractivity contribution in [1.29, 1.82) is 0 Å². The quantitative estimate of drug-likeness (QED) is 0.813. The zero-order valence-corrected chi connectivity index (χ0v) is 9.67. The Morgan fingerprint density at radius 2 is 1.88 bits per heavy atom. The van der Waals surface area contributed by atoms with Crippen molar-refractivity contribution in [2.75, 3.05) is 6.61 Å². The highest BCUT2D eigenvalue weighted by molar-refractivity contribution is 5.86. The van der Waals surface area contributed by atoms with Crippen molar-refractivity contribution >= 4 is 10.8 Å². The lowest BCUT2D eigenvalue weighted by Gasteiger charge is -2.27. The lowest BCUT2D eigenvalue weighted by atomic mass is 9.95. The first kappa shape index (κ1) is 10.8. The Balaban J connectivity index is 2.04. The van der Waals surface area contributed by atoms with Gasteiger partial charge in [0, 0.05) is 13.0 Å². The third kappa shape index (κ3) is 2.06. The van der Waals surface area contributed by atoms with Gasteiger partial charge in [-0.3, -0.25) is 0 Å². The monoisotopic (exact) mass is 228 g/mol. The highest BCUT2D eigenvalue weighted by Gasteiger charge is 2.23. The number of benzene rings is 2. The molecule has 0 saturated carbocycles. The van der Waals surface area contributed by atoms with Crippen LogP contribution in [0.2, 0.25) is 0 Å². The number of ether oxygens (including phenoxy) is 1. The van der Waals surface area contributed by atoms with E-state index in [0.717, 1.165) is 6.42 Å². The summed E-state index contributed by atoms with van der Waals surface area (Å²) in [6.45, 7) is 0.648. The molecule has 2 aromatic rings. The van der Waals surface area contributed by atoms with Crippen molar-refractivity contribution in [3.8, 4) is 0 Å². The maximum Gasteiger partial charge on any atom is 0.0855 e. The number of hydrogen-bond acceptors (Lipinski definition) is 2. The van der Waals surface area contributed by atoms with E-state index >= 15 is 0 Å². The number of fused-ring (bicyclic) bond motifs is 1. The normalized spacial score (nSPS) is 25.0. The average molecular weight is 228 g/mol. The maximum atomic E-state index is 9.73. The molecule has 1 aliphatic rings. The minimum Gasteiger partial charge on any atom is -0.393 e. The van der Waals surface area contributed by atoms with Crippen molar-refractivity contribution < 1.29 is 9.84 Å². The van der Waals surface area contributed by atoms with Crippen LogP contribution >= 0.6 is 0 Å². The molecule has 0 bridgehead atoms. The molecule has 1 heterocycles. The van der Waals surface area contributed by atoms with Gasteiger partial charge in [-0.15, -0.1) is 0 Å². The SMILES string of the molecule is OC1CCOC(c2cccc3ccccc23)C1. The van der Waals surface area contributed by atoms with Gasteiger partial charge in [0.2, 0.25) is 0 Å². The van der Waals surface area contributed by atoms with Crippen molar-refractivity contribution in [3.05, 3.63) is 48.0 Å². The van der Waals surface area contributed by atoms with Crippen LogP contribution in [0.15, 0.2) is 42.5 Å². The fraction of sp³-hybridized carbons (Fsp3) is 0.333. The molecule has 0 aliphatic carbocycles. The zero-order valence-electron chi connectivity index (χ0n) is 9.67. The van der Waals surface area contributed by atoms with E-state index in [0.29, 0.717) is 13.0 Å². The van der Waals surface area contributed by atoms with Crippen LogP contribution in [0, 0.1) is 0 Å². The minimum atomic E-state index is -0.229. The highest BCUT2D eigenvalue weighted by Crippen LogP contribution is 2.32. The summed E-state index contributed by atoms with van der Waals surface area (Å²) in [6, 6.07) is 14.6. The van der Waals surface area contributed by atoms with E-state index in [-0.39, 0.29) is 12.2 Å². The molecule has 17 heavy (non-hydrogen) atoms. The molecule has 2 atom stereocenters. The van der Waals surface area contributed by atoms with Crippen LogP contribution in [0.5, 0.6) is 0 Å². The topological polar surface area (TPSA) is 29.5 Å². The van der Waals surface area contributed by atoms with E-state index in [1.165, 1.54) is 16.3 Å². The fourth-order valence-corrected chi connectivity index (χ4v) is 2.53.